The third-order valence-electron chi connectivity index (χ3n) is 4.44. The maximum absolute atomic E-state index is 14.4. The molecule has 0 saturated heterocycles. The standard InChI is InChI=1S/C24H19BF2N2O4/c1-15-11-19(7-9-28-15)30-17-3-5-23(21(26)13-17)32-25-33-24-6-4-18(14-22(24)27)31-20-8-10-29-16(2)12-20/h3-14,25H,1-2H3. The van der Waals surface area contributed by atoms with Gasteiger partial charge in [0.1, 0.15) is 34.5 Å². The predicted molar refractivity (Wildman–Crippen MR) is 119 cm³/mol. The molecule has 166 valence electrons. The molecular weight excluding hydrogens is 429 g/mol. The highest BCUT2D eigenvalue weighted by Crippen LogP contribution is 2.28. The number of aromatic nitrogens is 2. The van der Waals surface area contributed by atoms with Crippen LogP contribution in [-0.4, -0.2) is 17.7 Å². The molecule has 4 rings (SSSR count). The van der Waals surface area contributed by atoms with E-state index in [4.69, 9.17) is 18.8 Å². The van der Waals surface area contributed by atoms with Crippen molar-refractivity contribution in [2.24, 2.45) is 0 Å². The Bertz CT molecular complexity index is 1180. The van der Waals surface area contributed by atoms with Crippen LogP contribution in [0.25, 0.3) is 0 Å². The third kappa shape index (κ3) is 5.97. The Morgan fingerprint density at radius 2 is 1.03 bits per heavy atom. The lowest BCUT2D eigenvalue weighted by Gasteiger charge is -2.12. The lowest BCUT2D eigenvalue weighted by Crippen LogP contribution is -2.12. The first-order chi connectivity index (χ1) is 16.0. The molecule has 0 atom stereocenters. The second kappa shape index (κ2) is 9.99. The Hall–Kier alpha value is -4.14. The van der Waals surface area contributed by atoms with E-state index in [-0.39, 0.29) is 19.2 Å². The van der Waals surface area contributed by atoms with Crippen molar-refractivity contribution in [3.63, 3.8) is 0 Å². The van der Waals surface area contributed by atoms with Gasteiger partial charge in [-0.25, -0.2) is 8.78 Å². The van der Waals surface area contributed by atoms with Gasteiger partial charge >= 0.3 is 7.69 Å². The fraction of sp³-hybridized carbons (Fsp3) is 0.0833. The van der Waals surface area contributed by atoms with Crippen LogP contribution < -0.4 is 18.8 Å². The topological polar surface area (TPSA) is 62.7 Å². The molecule has 0 amide bonds. The van der Waals surface area contributed by atoms with Crippen LogP contribution in [0.2, 0.25) is 0 Å². The smallest absolute Gasteiger partial charge is 0.526 e. The van der Waals surface area contributed by atoms with Crippen LogP contribution in [0.3, 0.4) is 0 Å². The minimum atomic E-state index is -0.640. The maximum Gasteiger partial charge on any atom is 0.576 e. The molecule has 4 aromatic rings. The summed E-state index contributed by atoms with van der Waals surface area (Å²) < 4.78 is 50.5. The number of ether oxygens (including phenoxy) is 2. The van der Waals surface area contributed by atoms with E-state index >= 15 is 0 Å². The molecule has 0 aliphatic carbocycles. The molecule has 2 aromatic heterocycles. The van der Waals surface area contributed by atoms with E-state index in [1.165, 1.54) is 24.3 Å². The van der Waals surface area contributed by atoms with Crippen LogP contribution in [0, 0.1) is 25.5 Å². The first-order valence-electron chi connectivity index (χ1n) is 10.0. The summed E-state index contributed by atoms with van der Waals surface area (Å²) in [5.41, 5.74) is 1.56. The molecule has 0 spiro atoms. The van der Waals surface area contributed by atoms with Gasteiger partial charge in [0.15, 0.2) is 11.6 Å². The molecule has 0 saturated carbocycles. The van der Waals surface area contributed by atoms with Gasteiger partial charge in [0.25, 0.3) is 0 Å². The highest BCUT2D eigenvalue weighted by Gasteiger charge is 2.11. The van der Waals surface area contributed by atoms with Crippen LogP contribution in [-0.2, 0) is 0 Å². The molecular formula is C24H19BF2N2O4. The zero-order chi connectivity index (χ0) is 23.2. The fourth-order valence-corrected chi connectivity index (χ4v) is 2.92. The van der Waals surface area contributed by atoms with Gasteiger partial charge in [-0.2, -0.15) is 0 Å². The van der Waals surface area contributed by atoms with Crippen molar-refractivity contribution in [1.82, 2.24) is 9.97 Å². The summed E-state index contributed by atoms with van der Waals surface area (Å²) in [6.07, 6.45) is 3.21. The van der Waals surface area contributed by atoms with E-state index in [0.29, 0.717) is 23.0 Å². The summed E-state index contributed by atoms with van der Waals surface area (Å²) in [5.74, 6) is 0.303. The molecule has 0 N–H and O–H groups in total. The Morgan fingerprint density at radius 3 is 1.42 bits per heavy atom. The van der Waals surface area contributed by atoms with Crippen LogP contribution in [0.5, 0.6) is 34.5 Å². The minimum absolute atomic E-state index is 0.0540. The van der Waals surface area contributed by atoms with E-state index in [1.54, 1.807) is 48.8 Å². The number of hydrogen-bond acceptors (Lipinski definition) is 6. The van der Waals surface area contributed by atoms with Crippen LogP contribution in [0.1, 0.15) is 11.4 Å². The van der Waals surface area contributed by atoms with Crippen molar-refractivity contribution in [1.29, 1.82) is 0 Å². The number of rotatable bonds is 8. The summed E-state index contributed by atoms with van der Waals surface area (Å²) >= 11 is 0. The number of pyridine rings is 2. The highest BCUT2D eigenvalue weighted by atomic mass is 19.1. The molecule has 33 heavy (non-hydrogen) atoms. The van der Waals surface area contributed by atoms with Crippen molar-refractivity contribution in [3.8, 4) is 34.5 Å². The lowest BCUT2D eigenvalue weighted by atomic mass is 10.2. The first-order valence-corrected chi connectivity index (χ1v) is 10.0. The van der Waals surface area contributed by atoms with Crippen LogP contribution in [0.15, 0.2) is 73.1 Å². The summed E-state index contributed by atoms with van der Waals surface area (Å²) in [5, 5.41) is 0. The Kier molecular flexibility index (Phi) is 6.68. The second-order valence-corrected chi connectivity index (χ2v) is 7.06. The Labute approximate surface area is 190 Å². The normalized spacial score (nSPS) is 10.4. The number of nitrogens with zero attached hydrogens (tertiary/aromatic N) is 2. The minimum Gasteiger partial charge on any atom is -0.526 e. The summed E-state index contributed by atoms with van der Waals surface area (Å²) in [4.78, 5) is 8.16. The zero-order valence-electron chi connectivity index (χ0n) is 17.9. The number of hydrogen-bond donors (Lipinski definition) is 0. The molecule has 0 aliphatic rings. The zero-order valence-corrected chi connectivity index (χ0v) is 17.9. The van der Waals surface area contributed by atoms with Gasteiger partial charge < -0.3 is 18.8 Å². The molecule has 2 aromatic carbocycles. The van der Waals surface area contributed by atoms with Gasteiger partial charge in [0, 0.05) is 48.0 Å². The van der Waals surface area contributed by atoms with Crippen molar-refractivity contribution < 1.29 is 27.6 Å². The third-order valence-corrected chi connectivity index (χ3v) is 4.44. The molecule has 6 nitrogen and oxygen atoms in total. The maximum atomic E-state index is 14.4. The fourth-order valence-electron chi connectivity index (χ4n) is 2.92. The molecule has 2 heterocycles. The molecule has 0 aliphatic heterocycles. The largest absolute Gasteiger partial charge is 0.576 e. The van der Waals surface area contributed by atoms with Gasteiger partial charge in [0.2, 0.25) is 0 Å². The van der Waals surface area contributed by atoms with Gasteiger partial charge in [-0.15, -0.1) is 0 Å². The second-order valence-electron chi connectivity index (χ2n) is 7.06. The van der Waals surface area contributed by atoms with Crippen molar-refractivity contribution >= 4 is 7.69 Å². The van der Waals surface area contributed by atoms with Crippen LogP contribution in [0.4, 0.5) is 8.78 Å². The van der Waals surface area contributed by atoms with E-state index in [0.717, 1.165) is 11.4 Å². The van der Waals surface area contributed by atoms with Crippen molar-refractivity contribution in [2.45, 2.75) is 13.8 Å². The van der Waals surface area contributed by atoms with Gasteiger partial charge in [-0.1, -0.05) is 0 Å². The highest BCUT2D eigenvalue weighted by molar-refractivity contribution is 6.20. The van der Waals surface area contributed by atoms with Gasteiger partial charge in [-0.05, 0) is 50.2 Å². The van der Waals surface area contributed by atoms with E-state index in [9.17, 15) is 8.78 Å². The van der Waals surface area contributed by atoms with Crippen molar-refractivity contribution in [2.75, 3.05) is 0 Å². The molecule has 0 radical (unpaired) electrons. The average Bonchev–Trinajstić information content (AvgIpc) is 2.77. The van der Waals surface area contributed by atoms with E-state index in [1.807, 2.05) is 13.8 Å². The Morgan fingerprint density at radius 1 is 0.606 bits per heavy atom. The quantitative estimate of drug-likeness (QED) is 0.323. The summed E-state index contributed by atoms with van der Waals surface area (Å²) in [6, 6.07) is 15.1. The lowest BCUT2D eigenvalue weighted by molar-refractivity contribution is 0.414. The molecule has 0 bridgehead atoms. The SMILES string of the molecule is Cc1cc(Oc2ccc(OBOc3ccc(Oc4ccnc(C)c4)cc3F)c(F)c2)ccn1. The van der Waals surface area contributed by atoms with Gasteiger partial charge in [0.05, 0.1) is 0 Å². The monoisotopic (exact) mass is 448 g/mol. The number of aryl methyl sites for hydroxylation is 2. The van der Waals surface area contributed by atoms with Gasteiger partial charge in [-0.3, -0.25) is 9.97 Å². The molecule has 0 unspecified atom stereocenters. The first kappa shape index (κ1) is 22.1. The summed E-state index contributed by atoms with van der Waals surface area (Å²) in [7, 11) is -0.388. The van der Waals surface area contributed by atoms with Crippen molar-refractivity contribution in [3.05, 3.63) is 96.1 Å². The number of halogens is 2. The predicted octanol–water partition coefficient (Wildman–Crippen LogP) is 5.68. The van der Waals surface area contributed by atoms with E-state index < -0.39 is 11.6 Å². The number of benzene rings is 2. The average molecular weight is 448 g/mol. The Balaban J connectivity index is 1.33. The summed E-state index contributed by atoms with van der Waals surface area (Å²) in [6.45, 7) is 3.66. The van der Waals surface area contributed by atoms with E-state index in [2.05, 4.69) is 9.97 Å². The van der Waals surface area contributed by atoms with Crippen LogP contribution >= 0.6 is 0 Å². The molecule has 0 fully saturated rings. The molecule has 9 heteroatoms.